The first kappa shape index (κ1) is 24.8. The van der Waals surface area contributed by atoms with Gasteiger partial charge in [0.05, 0.1) is 24.1 Å². The lowest BCUT2D eigenvalue weighted by Gasteiger charge is -2.13. The third-order valence-electron chi connectivity index (χ3n) is 6.02. The van der Waals surface area contributed by atoms with Gasteiger partial charge in [-0.3, -0.25) is 9.98 Å². The van der Waals surface area contributed by atoms with Crippen molar-refractivity contribution >= 4 is 28.6 Å². The van der Waals surface area contributed by atoms with Crippen molar-refractivity contribution in [2.75, 3.05) is 24.1 Å². The molecule has 0 saturated heterocycles. The average molecular weight is 477 g/mol. The number of aromatic nitrogens is 2. The van der Waals surface area contributed by atoms with Gasteiger partial charge in [0.15, 0.2) is 11.6 Å². The molecule has 1 aliphatic heterocycles. The molecular formula is C30H32N6. The van der Waals surface area contributed by atoms with Gasteiger partial charge in [0.1, 0.15) is 5.71 Å². The first-order valence-corrected chi connectivity index (χ1v) is 12.0. The minimum atomic E-state index is 0.338. The number of hydrogen-bond donors (Lipinski definition) is 2. The number of allylic oxidation sites excluding steroid dienone is 3. The lowest BCUT2D eigenvalue weighted by Crippen LogP contribution is -2.12. The van der Waals surface area contributed by atoms with Crippen molar-refractivity contribution in [3.8, 4) is 0 Å². The second kappa shape index (κ2) is 11.4. The Morgan fingerprint density at radius 2 is 2.00 bits per heavy atom. The van der Waals surface area contributed by atoms with Crippen molar-refractivity contribution in [2.45, 2.75) is 27.2 Å². The molecule has 0 spiro atoms. The second-order valence-corrected chi connectivity index (χ2v) is 8.86. The number of nitrogens with two attached hydrogens (primary N) is 1. The van der Waals surface area contributed by atoms with Crippen LogP contribution in [0.2, 0.25) is 0 Å². The molecule has 36 heavy (non-hydrogen) atoms. The van der Waals surface area contributed by atoms with Gasteiger partial charge in [-0.2, -0.15) is 0 Å². The van der Waals surface area contributed by atoms with Gasteiger partial charge in [0.2, 0.25) is 0 Å². The van der Waals surface area contributed by atoms with Crippen LogP contribution in [0, 0.1) is 13.8 Å². The minimum absolute atomic E-state index is 0.338. The molecule has 0 radical (unpaired) electrons. The Labute approximate surface area is 213 Å². The molecular weight excluding hydrogens is 444 g/mol. The van der Waals surface area contributed by atoms with Gasteiger partial charge >= 0.3 is 0 Å². The summed E-state index contributed by atoms with van der Waals surface area (Å²) in [4.78, 5) is 18.6. The fourth-order valence-corrected chi connectivity index (χ4v) is 3.95. The Bertz CT molecular complexity index is 1390. The van der Waals surface area contributed by atoms with Gasteiger partial charge in [0, 0.05) is 12.2 Å². The van der Waals surface area contributed by atoms with Crippen LogP contribution in [0.15, 0.2) is 95.1 Å². The normalized spacial score (nSPS) is 13.6. The summed E-state index contributed by atoms with van der Waals surface area (Å²) in [5.41, 5.74) is 15.0. The molecule has 3 aromatic rings. The van der Waals surface area contributed by atoms with Crippen LogP contribution >= 0.6 is 0 Å². The van der Waals surface area contributed by atoms with E-state index in [1.807, 2.05) is 50.3 Å². The van der Waals surface area contributed by atoms with Gasteiger partial charge in [0.25, 0.3) is 0 Å². The Kier molecular flexibility index (Phi) is 7.85. The highest BCUT2D eigenvalue weighted by Crippen LogP contribution is 2.22. The molecule has 0 bridgehead atoms. The molecule has 1 aliphatic rings. The highest BCUT2D eigenvalue weighted by atomic mass is 15.0. The third kappa shape index (κ3) is 6.21. The van der Waals surface area contributed by atoms with E-state index in [2.05, 4.69) is 64.1 Å². The molecule has 2 heterocycles. The maximum absolute atomic E-state index is 6.34. The monoisotopic (exact) mass is 476 g/mol. The highest BCUT2D eigenvalue weighted by molar-refractivity contribution is 6.16. The summed E-state index contributed by atoms with van der Waals surface area (Å²) in [7, 11) is 0. The molecule has 1 aromatic heterocycles. The van der Waals surface area contributed by atoms with E-state index >= 15 is 0 Å². The topological polar surface area (TPSA) is 88.5 Å². The van der Waals surface area contributed by atoms with Crippen molar-refractivity contribution in [1.82, 2.24) is 9.97 Å². The Balaban J connectivity index is 1.59. The number of benzene rings is 2. The molecule has 0 aliphatic carbocycles. The summed E-state index contributed by atoms with van der Waals surface area (Å²) >= 11 is 0. The van der Waals surface area contributed by atoms with E-state index < -0.39 is 0 Å². The molecule has 2 aromatic carbocycles. The number of anilines is 2. The van der Waals surface area contributed by atoms with Gasteiger partial charge in [-0.25, -0.2) is 9.97 Å². The van der Waals surface area contributed by atoms with Gasteiger partial charge in [-0.15, -0.1) is 0 Å². The van der Waals surface area contributed by atoms with Crippen molar-refractivity contribution in [3.63, 3.8) is 0 Å². The summed E-state index contributed by atoms with van der Waals surface area (Å²) in [5.74, 6) is 0.815. The summed E-state index contributed by atoms with van der Waals surface area (Å²) in [6.07, 6.45) is 8.56. The molecule has 0 atom stereocenters. The lowest BCUT2D eigenvalue weighted by atomic mass is 10.1. The Morgan fingerprint density at radius 1 is 1.17 bits per heavy atom. The number of rotatable bonds is 9. The van der Waals surface area contributed by atoms with Crippen molar-refractivity contribution in [1.29, 1.82) is 0 Å². The Hall–Kier alpha value is -4.32. The number of hydrogen-bond acceptors (Lipinski definition) is 6. The Morgan fingerprint density at radius 3 is 2.72 bits per heavy atom. The van der Waals surface area contributed by atoms with E-state index in [0.29, 0.717) is 36.1 Å². The zero-order valence-electron chi connectivity index (χ0n) is 21.1. The molecule has 182 valence electrons. The van der Waals surface area contributed by atoms with Crippen molar-refractivity contribution in [2.24, 2.45) is 9.98 Å². The molecule has 0 saturated carbocycles. The van der Waals surface area contributed by atoms with Crippen LogP contribution in [0.3, 0.4) is 0 Å². The van der Waals surface area contributed by atoms with Crippen molar-refractivity contribution < 1.29 is 0 Å². The van der Waals surface area contributed by atoms with Crippen LogP contribution in [0.25, 0.3) is 5.70 Å². The van der Waals surface area contributed by atoms with Crippen LogP contribution in [-0.4, -0.2) is 34.5 Å². The predicted octanol–water partition coefficient (Wildman–Crippen LogP) is 5.75. The first-order valence-electron chi connectivity index (χ1n) is 12.0. The SMILES string of the molecule is C=C(Nc1cnc(C(/C=C(\C)C2=NCC=C2)=NCCc2ccccc2C)nc1N)c1cccc(C)c1. The fraction of sp³-hybridized carbons (Fsp3) is 0.200. The van der Waals surface area contributed by atoms with Gasteiger partial charge < -0.3 is 11.1 Å². The molecule has 0 fully saturated rings. The zero-order chi connectivity index (χ0) is 25.5. The number of aryl methyl sites for hydroxylation is 2. The standard InChI is InChI=1S/C30H32N6/c1-20-9-7-12-25(17-20)23(4)35-28-19-34-30(36-29(28)31)27(18-22(3)26-13-8-15-32-26)33-16-14-24-11-6-5-10-21(24)2/h5-13,17-19,35H,4,14-16H2,1-3H3,(H2,31,34,36)/b22-18+,33-27?. The number of nitrogens with one attached hydrogen (secondary N) is 1. The van der Waals surface area contributed by atoms with Crippen LogP contribution in [0.1, 0.15) is 35.0 Å². The maximum Gasteiger partial charge on any atom is 0.179 e. The van der Waals surface area contributed by atoms with Crippen LogP contribution in [-0.2, 0) is 6.42 Å². The van der Waals surface area contributed by atoms with E-state index in [9.17, 15) is 0 Å². The van der Waals surface area contributed by atoms with Crippen LogP contribution < -0.4 is 11.1 Å². The van der Waals surface area contributed by atoms with E-state index in [-0.39, 0.29) is 0 Å². The van der Waals surface area contributed by atoms with E-state index in [4.69, 9.17) is 10.7 Å². The van der Waals surface area contributed by atoms with E-state index in [1.54, 1.807) is 6.20 Å². The summed E-state index contributed by atoms with van der Waals surface area (Å²) in [5, 5.41) is 3.25. The van der Waals surface area contributed by atoms with Gasteiger partial charge in [-0.1, -0.05) is 60.7 Å². The smallest absolute Gasteiger partial charge is 0.179 e. The minimum Gasteiger partial charge on any atom is -0.382 e. The zero-order valence-corrected chi connectivity index (χ0v) is 21.1. The quantitative estimate of drug-likeness (QED) is 0.385. The molecule has 0 amide bonds. The largest absolute Gasteiger partial charge is 0.382 e. The second-order valence-electron chi connectivity index (χ2n) is 8.86. The molecule has 4 rings (SSSR count). The number of aliphatic imine (C=N–C) groups is 2. The summed E-state index contributed by atoms with van der Waals surface area (Å²) in [6, 6.07) is 16.5. The highest BCUT2D eigenvalue weighted by Gasteiger charge is 2.12. The van der Waals surface area contributed by atoms with E-state index in [1.165, 1.54) is 11.1 Å². The molecule has 6 heteroatoms. The molecule has 3 N–H and O–H groups in total. The number of nitrogens with zero attached hydrogens (tertiary/aromatic N) is 4. The lowest BCUT2D eigenvalue weighted by molar-refractivity contribution is 0.954. The van der Waals surface area contributed by atoms with E-state index in [0.717, 1.165) is 34.5 Å². The van der Waals surface area contributed by atoms with Crippen molar-refractivity contribution in [3.05, 3.63) is 113 Å². The number of nitrogen functional groups attached to an aromatic ring is 1. The van der Waals surface area contributed by atoms with Crippen LogP contribution in [0.5, 0.6) is 0 Å². The predicted molar refractivity (Wildman–Crippen MR) is 152 cm³/mol. The summed E-state index contributed by atoms with van der Waals surface area (Å²) < 4.78 is 0. The first-order chi connectivity index (χ1) is 17.4. The molecule has 6 nitrogen and oxygen atoms in total. The maximum atomic E-state index is 6.34. The van der Waals surface area contributed by atoms with Gasteiger partial charge in [-0.05, 0) is 67.7 Å². The summed E-state index contributed by atoms with van der Waals surface area (Å²) in [6.45, 7) is 11.7. The third-order valence-corrected chi connectivity index (χ3v) is 6.02. The molecule has 0 unspecified atom stereocenters. The fourth-order valence-electron chi connectivity index (χ4n) is 3.95. The van der Waals surface area contributed by atoms with Crippen LogP contribution in [0.4, 0.5) is 11.5 Å². The average Bonchev–Trinajstić information content (AvgIpc) is 3.41.